The molecule has 8 heteroatoms. The van der Waals surface area contributed by atoms with E-state index in [9.17, 15) is 17.6 Å². The maximum atomic E-state index is 13.9. The molecule has 0 spiro atoms. The average Bonchev–Trinajstić information content (AvgIpc) is 2.46. The number of carbonyl (C=O) groups is 1. The number of amides is 1. The van der Waals surface area contributed by atoms with Crippen LogP contribution in [0.15, 0.2) is 23.1 Å². The van der Waals surface area contributed by atoms with Gasteiger partial charge in [-0.25, -0.2) is 12.8 Å². The molecule has 130 valence electrons. The normalized spacial score (nSPS) is 19.5. The minimum Gasteiger partial charge on any atom is -0.349 e. The molecule has 0 bridgehead atoms. The minimum atomic E-state index is -3.59. The number of halogens is 2. The van der Waals surface area contributed by atoms with Crippen LogP contribution in [-0.4, -0.2) is 33.7 Å². The number of rotatable bonds is 4. The van der Waals surface area contributed by atoms with E-state index in [-0.39, 0.29) is 35.2 Å². The van der Waals surface area contributed by atoms with E-state index in [0.29, 0.717) is 12.1 Å². The molecule has 0 saturated carbocycles. The van der Waals surface area contributed by atoms with Crippen molar-refractivity contribution in [3.05, 3.63) is 29.6 Å². The van der Waals surface area contributed by atoms with Gasteiger partial charge in [0.05, 0.1) is 12.0 Å². The lowest BCUT2D eigenvalue weighted by Crippen LogP contribution is -2.41. The van der Waals surface area contributed by atoms with Crippen LogP contribution in [-0.2, 0) is 14.6 Å². The van der Waals surface area contributed by atoms with Crippen LogP contribution in [0.1, 0.15) is 31.4 Å². The zero-order chi connectivity index (χ0) is 16.3. The molecule has 1 aromatic rings. The summed E-state index contributed by atoms with van der Waals surface area (Å²) >= 11 is 0. The molecule has 23 heavy (non-hydrogen) atoms. The molecular weight excluding hydrogens is 343 g/mol. The fraction of sp³-hybridized carbons (Fsp3) is 0.533. The standard InChI is InChI=1S/C15H21FN2O3S.ClH/c1-10(18-15(19)12-4-3-7-17-9-12)11-5-6-14(13(16)8-11)22(2,20)21;/h5-6,8,10,12,17H,3-4,7,9H2,1-2H3,(H,18,19);1H. The number of piperidine rings is 1. The second-order valence-corrected chi connectivity index (χ2v) is 7.72. The van der Waals surface area contributed by atoms with Gasteiger partial charge in [0, 0.05) is 12.8 Å². The van der Waals surface area contributed by atoms with Crippen LogP contribution >= 0.6 is 12.4 Å². The Bertz CT molecular complexity index is 661. The third kappa shape index (κ3) is 5.16. The van der Waals surface area contributed by atoms with E-state index in [4.69, 9.17) is 0 Å². The monoisotopic (exact) mass is 364 g/mol. The third-order valence-corrected chi connectivity index (χ3v) is 5.01. The van der Waals surface area contributed by atoms with E-state index < -0.39 is 15.7 Å². The fourth-order valence-electron chi connectivity index (χ4n) is 2.58. The molecule has 2 atom stereocenters. The lowest BCUT2D eigenvalue weighted by molar-refractivity contribution is -0.126. The van der Waals surface area contributed by atoms with E-state index in [0.717, 1.165) is 25.6 Å². The number of hydrogen-bond acceptors (Lipinski definition) is 4. The summed E-state index contributed by atoms with van der Waals surface area (Å²) in [6.45, 7) is 3.33. The Hall–Kier alpha value is -1.18. The van der Waals surface area contributed by atoms with Gasteiger partial charge in [0.2, 0.25) is 5.91 Å². The quantitative estimate of drug-likeness (QED) is 0.854. The van der Waals surface area contributed by atoms with E-state index in [1.165, 1.54) is 18.2 Å². The third-order valence-electron chi connectivity index (χ3n) is 3.88. The number of nitrogens with one attached hydrogen (secondary N) is 2. The molecule has 1 aliphatic rings. The molecule has 0 radical (unpaired) electrons. The molecule has 2 N–H and O–H groups in total. The van der Waals surface area contributed by atoms with Crippen molar-refractivity contribution < 1.29 is 17.6 Å². The molecule has 1 aromatic carbocycles. The highest BCUT2D eigenvalue weighted by Gasteiger charge is 2.23. The van der Waals surface area contributed by atoms with Gasteiger partial charge in [-0.3, -0.25) is 4.79 Å². The number of sulfone groups is 1. The summed E-state index contributed by atoms with van der Waals surface area (Å²) in [6, 6.07) is 3.56. The summed E-state index contributed by atoms with van der Waals surface area (Å²) in [5.74, 6) is -0.927. The summed E-state index contributed by atoms with van der Waals surface area (Å²) in [5, 5.41) is 6.03. The fourth-order valence-corrected chi connectivity index (χ4v) is 3.31. The number of benzene rings is 1. The lowest BCUT2D eigenvalue weighted by Gasteiger charge is -2.24. The minimum absolute atomic E-state index is 0. The first-order valence-corrected chi connectivity index (χ1v) is 9.19. The van der Waals surface area contributed by atoms with Crippen LogP contribution in [0.4, 0.5) is 4.39 Å². The smallest absolute Gasteiger partial charge is 0.224 e. The molecule has 1 fully saturated rings. The molecule has 0 aliphatic carbocycles. The first kappa shape index (κ1) is 19.9. The first-order chi connectivity index (χ1) is 10.3. The van der Waals surface area contributed by atoms with Gasteiger partial charge in [-0.15, -0.1) is 12.4 Å². The zero-order valence-corrected chi connectivity index (χ0v) is 14.8. The summed E-state index contributed by atoms with van der Waals surface area (Å²) in [5.41, 5.74) is 0.544. The van der Waals surface area contributed by atoms with E-state index in [2.05, 4.69) is 10.6 Å². The molecule has 5 nitrogen and oxygen atoms in total. The van der Waals surface area contributed by atoms with Crippen LogP contribution in [0.5, 0.6) is 0 Å². The van der Waals surface area contributed by atoms with Gasteiger partial charge in [-0.2, -0.15) is 0 Å². The van der Waals surface area contributed by atoms with E-state index in [1.54, 1.807) is 6.92 Å². The van der Waals surface area contributed by atoms with Crippen molar-refractivity contribution in [3.63, 3.8) is 0 Å². The van der Waals surface area contributed by atoms with Crippen molar-refractivity contribution in [1.29, 1.82) is 0 Å². The van der Waals surface area contributed by atoms with Gasteiger partial charge in [-0.05, 0) is 44.0 Å². The van der Waals surface area contributed by atoms with Crippen LogP contribution in [0.2, 0.25) is 0 Å². The Kier molecular flexibility index (Phi) is 6.98. The SMILES string of the molecule is CC(NC(=O)C1CCCNC1)c1ccc(S(C)(=O)=O)c(F)c1.Cl. The average molecular weight is 365 g/mol. The van der Waals surface area contributed by atoms with Gasteiger partial charge in [0.25, 0.3) is 0 Å². The highest BCUT2D eigenvalue weighted by Crippen LogP contribution is 2.21. The maximum Gasteiger partial charge on any atom is 0.224 e. The van der Waals surface area contributed by atoms with Crippen LogP contribution in [0.3, 0.4) is 0 Å². The van der Waals surface area contributed by atoms with Crippen molar-refractivity contribution in [1.82, 2.24) is 10.6 Å². The Morgan fingerprint density at radius 2 is 2.13 bits per heavy atom. The summed E-state index contributed by atoms with van der Waals surface area (Å²) in [7, 11) is -3.59. The van der Waals surface area contributed by atoms with Gasteiger partial charge in [-0.1, -0.05) is 6.07 Å². The largest absolute Gasteiger partial charge is 0.349 e. The lowest BCUT2D eigenvalue weighted by atomic mass is 9.98. The highest BCUT2D eigenvalue weighted by atomic mass is 35.5. The second kappa shape index (κ2) is 8.08. The van der Waals surface area contributed by atoms with Crippen molar-refractivity contribution in [2.45, 2.75) is 30.7 Å². The van der Waals surface area contributed by atoms with Crippen LogP contribution in [0, 0.1) is 11.7 Å². The van der Waals surface area contributed by atoms with Crippen molar-refractivity contribution in [2.24, 2.45) is 5.92 Å². The number of hydrogen-bond donors (Lipinski definition) is 2. The molecule has 2 unspecified atom stereocenters. The Morgan fingerprint density at radius 3 is 2.65 bits per heavy atom. The Morgan fingerprint density at radius 1 is 1.43 bits per heavy atom. The molecule has 2 rings (SSSR count). The van der Waals surface area contributed by atoms with Crippen LogP contribution < -0.4 is 10.6 Å². The van der Waals surface area contributed by atoms with Crippen LogP contribution in [0.25, 0.3) is 0 Å². The number of carbonyl (C=O) groups excluding carboxylic acids is 1. The zero-order valence-electron chi connectivity index (χ0n) is 13.1. The molecule has 0 aromatic heterocycles. The molecule has 1 aliphatic heterocycles. The van der Waals surface area contributed by atoms with Gasteiger partial charge >= 0.3 is 0 Å². The first-order valence-electron chi connectivity index (χ1n) is 7.29. The van der Waals surface area contributed by atoms with Crippen molar-refractivity contribution in [2.75, 3.05) is 19.3 Å². The van der Waals surface area contributed by atoms with E-state index >= 15 is 0 Å². The predicted molar refractivity (Wildman–Crippen MR) is 88.9 cm³/mol. The molecule has 1 heterocycles. The highest BCUT2D eigenvalue weighted by molar-refractivity contribution is 7.90. The molecular formula is C15H22ClFN2O3S. The van der Waals surface area contributed by atoms with E-state index in [1.807, 2.05) is 0 Å². The summed E-state index contributed by atoms with van der Waals surface area (Å²) < 4.78 is 36.7. The predicted octanol–water partition coefficient (Wildman–Crippen LogP) is 1.83. The summed E-state index contributed by atoms with van der Waals surface area (Å²) in [6.07, 6.45) is 2.77. The van der Waals surface area contributed by atoms with Crippen molar-refractivity contribution >= 4 is 28.2 Å². The summed E-state index contributed by atoms with van der Waals surface area (Å²) in [4.78, 5) is 11.8. The van der Waals surface area contributed by atoms with Gasteiger partial charge in [0.1, 0.15) is 10.7 Å². The van der Waals surface area contributed by atoms with Gasteiger partial charge < -0.3 is 10.6 Å². The Labute approximate surface area is 142 Å². The molecule has 1 saturated heterocycles. The maximum absolute atomic E-state index is 13.9. The van der Waals surface area contributed by atoms with Crippen molar-refractivity contribution in [3.8, 4) is 0 Å². The topological polar surface area (TPSA) is 75.3 Å². The molecule has 1 amide bonds. The van der Waals surface area contributed by atoms with Gasteiger partial charge in [0.15, 0.2) is 9.84 Å². The Balaban J connectivity index is 0.00000264. The second-order valence-electron chi connectivity index (χ2n) is 5.74.